The van der Waals surface area contributed by atoms with Crippen molar-refractivity contribution in [1.82, 2.24) is 10.2 Å². The third-order valence-corrected chi connectivity index (χ3v) is 7.23. The minimum atomic E-state index is -3.54. The quantitative estimate of drug-likeness (QED) is 0.505. The van der Waals surface area contributed by atoms with Crippen molar-refractivity contribution >= 4 is 27.5 Å². The van der Waals surface area contributed by atoms with Crippen molar-refractivity contribution in [2.45, 2.75) is 79.4 Å². The average molecular weight is 516 g/mol. The monoisotopic (exact) mass is 515 g/mol. The summed E-state index contributed by atoms with van der Waals surface area (Å²) in [6.07, 6.45) is 1.63. The molecule has 2 rings (SSSR count). The largest absolute Gasteiger partial charge is 0.350 e. The maximum Gasteiger partial charge on any atom is 0.242 e. The molecular weight excluding hydrogens is 474 g/mol. The molecule has 1 N–H and O–H groups in total. The van der Waals surface area contributed by atoms with Crippen LogP contribution in [0.3, 0.4) is 0 Å². The van der Waals surface area contributed by atoms with Crippen LogP contribution in [-0.4, -0.2) is 49.5 Å². The summed E-state index contributed by atoms with van der Waals surface area (Å²) >= 11 is 0. The highest BCUT2D eigenvalue weighted by atomic mass is 32.2. The number of benzene rings is 2. The maximum atomic E-state index is 13.4. The lowest BCUT2D eigenvalue weighted by Crippen LogP contribution is -2.52. The lowest BCUT2D eigenvalue weighted by Gasteiger charge is -2.32. The number of hydrogen-bond donors (Lipinski definition) is 1. The summed E-state index contributed by atoms with van der Waals surface area (Å²) < 4.78 is 26.5. The first kappa shape index (κ1) is 29.4. The summed E-state index contributed by atoms with van der Waals surface area (Å²) in [6, 6.07) is 12.8. The van der Waals surface area contributed by atoms with E-state index in [9.17, 15) is 18.0 Å². The van der Waals surface area contributed by atoms with Gasteiger partial charge < -0.3 is 10.2 Å². The molecule has 198 valence electrons. The van der Waals surface area contributed by atoms with Crippen LogP contribution in [-0.2, 0) is 26.2 Å². The Balaban J connectivity index is 2.24. The molecule has 2 amide bonds. The maximum absolute atomic E-state index is 13.4. The molecule has 0 aliphatic heterocycles. The molecule has 0 aromatic heterocycles. The van der Waals surface area contributed by atoms with Crippen molar-refractivity contribution in [3.63, 3.8) is 0 Å². The summed E-state index contributed by atoms with van der Waals surface area (Å²) in [4.78, 5) is 28.0. The van der Waals surface area contributed by atoms with Crippen LogP contribution in [0.4, 0.5) is 5.69 Å². The van der Waals surface area contributed by atoms with Gasteiger partial charge in [-0.05, 0) is 83.2 Å². The van der Waals surface area contributed by atoms with E-state index in [1.165, 1.54) is 10.6 Å². The van der Waals surface area contributed by atoms with Crippen LogP contribution >= 0.6 is 0 Å². The van der Waals surface area contributed by atoms with E-state index in [4.69, 9.17) is 0 Å². The molecule has 2 aromatic rings. The van der Waals surface area contributed by atoms with Crippen LogP contribution in [0.25, 0.3) is 0 Å². The average Bonchev–Trinajstić information content (AvgIpc) is 2.75. The van der Waals surface area contributed by atoms with E-state index in [0.29, 0.717) is 18.7 Å². The van der Waals surface area contributed by atoms with Gasteiger partial charge in [-0.2, -0.15) is 0 Å². The highest BCUT2D eigenvalue weighted by Gasteiger charge is 2.29. The lowest BCUT2D eigenvalue weighted by atomic mass is 10.1. The lowest BCUT2D eigenvalue weighted by molar-refractivity contribution is -0.141. The topological polar surface area (TPSA) is 86.8 Å². The van der Waals surface area contributed by atoms with Crippen molar-refractivity contribution < 1.29 is 18.0 Å². The Labute approximate surface area is 216 Å². The first-order chi connectivity index (χ1) is 16.6. The van der Waals surface area contributed by atoms with Crippen molar-refractivity contribution in [1.29, 1.82) is 0 Å². The van der Waals surface area contributed by atoms with Crippen molar-refractivity contribution in [2.75, 3.05) is 17.1 Å². The predicted octanol–water partition coefficient (Wildman–Crippen LogP) is 4.49. The fourth-order valence-corrected chi connectivity index (χ4v) is 5.01. The molecule has 0 saturated carbocycles. The number of carbonyl (C=O) groups is 2. The molecule has 2 aromatic carbocycles. The number of nitrogens with one attached hydrogen (secondary N) is 1. The summed E-state index contributed by atoms with van der Waals surface area (Å²) in [5.74, 6) is -0.415. The van der Waals surface area contributed by atoms with E-state index in [-0.39, 0.29) is 24.8 Å². The number of hydrogen-bond acceptors (Lipinski definition) is 4. The smallest absolute Gasteiger partial charge is 0.242 e. The molecule has 0 saturated heterocycles. The number of carbonyl (C=O) groups excluding carboxylic acids is 2. The molecule has 0 fully saturated rings. The molecule has 0 radical (unpaired) electrons. The Hall–Kier alpha value is -2.87. The van der Waals surface area contributed by atoms with Crippen molar-refractivity contribution in [3.8, 4) is 0 Å². The van der Waals surface area contributed by atoms with Gasteiger partial charge in [0.2, 0.25) is 21.8 Å². The Morgan fingerprint density at radius 3 is 2.22 bits per heavy atom. The third-order valence-electron chi connectivity index (χ3n) is 6.05. The minimum Gasteiger partial charge on any atom is -0.350 e. The second-order valence-electron chi connectivity index (χ2n) is 10.6. The summed E-state index contributed by atoms with van der Waals surface area (Å²) in [7, 11) is -3.54. The van der Waals surface area contributed by atoms with Gasteiger partial charge >= 0.3 is 0 Å². The van der Waals surface area contributed by atoms with Gasteiger partial charge in [0, 0.05) is 25.0 Å². The number of aryl methyl sites for hydroxylation is 3. The second kappa shape index (κ2) is 11.9. The van der Waals surface area contributed by atoms with E-state index in [2.05, 4.69) is 5.32 Å². The van der Waals surface area contributed by atoms with Crippen molar-refractivity contribution in [2.24, 2.45) is 0 Å². The highest BCUT2D eigenvalue weighted by Crippen LogP contribution is 2.25. The zero-order valence-electron chi connectivity index (χ0n) is 22.9. The van der Waals surface area contributed by atoms with E-state index in [1.54, 1.807) is 11.8 Å². The Morgan fingerprint density at radius 1 is 1.00 bits per heavy atom. The number of nitrogens with zero attached hydrogens (tertiary/aromatic N) is 2. The van der Waals surface area contributed by atoms with Gasteiger partial charge in [0.25, 0.3) is 0 Å². The second-order valence-corrected chi connectivity index (χ2v) is 12.5. The number of rotatable bonds is 10. The van der Waals surface area contributed by atoms with Gasteiger partial charge in [0.15, 0.2) is 0 Å². The van der Waals surface area contributed by atoms with Crippen LogP contribution < -0.4 is 9.62 Å². The molecular formula is C28H41N3O4S. The zero-order valence-corrected chi connectivity index (χ0v) is 23.7. The van der Waals surface area contributed by atoms with Gasteiger partial charge in [-0.25, -0.2) is 8.42 Å². The van der Waals surface area contributed by atoms with E-state index in [0.717, 1.165) is 22.3 Å². The zero-order chi connectivity index (χ0) is 27.3. The van der Waals surface area contributed by atoms with E-state index >= 15 is 0 Å². The van der Waals surface area contributed by atoms with Gasteiger partial charge in [-0.3, -0.25) is 13.9 Å². The minimum absolute atomic E-state index is 0.121. The molecule has 0 unspecified atom stereocenters. The number of anilines is 1. The van der Waals surface area contributed by atoms with E-state index in [1.807, 2.05) is 84.0 Å². The van der Waals surface area contributed by atoms with Gasteiger partial charge in [0.1, 0.15) is 6.04 Å². The SMILES string of the molecule is Cc1ccc(C)c(N(CCCC(=O)N(Cc2ccccc2C)[C@@H](C)C(=O)NC(C)(C)C)S(C)(=O)=O)c1. The van der Waals surface area contributed by atoms with Crippen LogP contribution in [0, 0.1) is 20.8 Å². The van der Waals surface area contributed by atoms with Crippen LogP contribution in [0.2, 0.25) is 0 Å². The van der Waals surface area contributed by atoms with Crippen LogP contribution in [0.5, 0.6) is 0 Å². The molecule has 8 heteroatoms. The highest BCUT2D eigenvalue weighted by molar-refractivity contribution is 7.92. The molecule has 7 nitrogen and oxygen atoms in total. The first-order valence-corrected chi connectivity index (χ1v) is 14.2. The standard InChI is InChI=1S/C28H41N3O4S/c1-20-15-16-22(3)25(18-20)31(36(8,34)35)17-11-14-26(32)30(19-24-13-10-9-12-21(24)2)23(4)27(33)29-28(5,6)7/h9-10,12-13,15-16,18,23H,11,14,17,19H2,1-8H3,(H,29,33)/t23-/m0/s1. The van der Waals surface area contributed by atoms with Gasteiger partial charge in [-0.15, -0.1) is 0 Å². The molecule has 36 heavy (non-hydrogen) atoms. The molecule has 0 bridgehead atoms. The normalized spacial score (nSPS) is 12.7. The fourth-order valence-electron chi connectivity index (χ4n) is 4.00. The third kappa shape index (κ3) is 8.36. The van der Waals surface area contributed by atoms with Crippen LogP contribution in [0.15, 0.2) is 42.5 Å². The molecule has 0 aliphatic carbocycles. The Bertz CT molecular complexity index is 1190. The van der Waals surface area contributed by atoms with Crippen molar-refractivity contribution in [3.05, 3.63) is 64.7 Å². The summed E-state index contributed by atoms with van der Waals surface area (Å²) in [5.41, 5.74) is 4.02. The predicted molar refractivity (Wildman–Crippen MR) is 146 cm³/mol. The number of amides is 2. The van der Waals surface area contributed by atoms with Gasteiger partial charge in [-0.1, -0.05) is 36.4 Å². The fraction of sp³-hybridized carbons (Fsp3) is 0.500. The molecule has 0 heterocycles. The molecule has 0 spiro atoms. The Kier molecular flexibility index (Phi) is 9.71. The van der Waals surface area contributed by atoms with Crippen LogP contribution in [0.1, 0.15) is 62.8 Å². The van der Waals surface area contributed by atoms with Gasteiger partial charge in [0.05, 0.1) is 11.9 Å². The Morgan fingerprint density at radius 2 is 1.64 bits per heavy atom. The first-order valence-electron chi connectivity index (χ1n) is 12.3. The molecule has 0 aliphatic rings. The number of sulfonamides is 1. The van der Waals surface area contributed by atoms with E-state index < -0.39 is 21.6 Å². The molecule has 1 atom stereocenters. The summed E-state index contributed by atoms with van der Waals surface area (Å²) in [5, 5.41) is 2.96. The summed E-state index contributed by atoms with van der Waals surface area (Å²) in [6.45, 7) is 13.7.